The molecule has 0 radical (unpaired) electrons. The first-order valence-electron chi connectivity index (χ1n) is 7.12. The van der Waals surface area contributed by atoms with Gasteiger partial charge in [-0.3, -0.25) is 4.98 Å². The van der Waals surface area contributed by atoms with Crippen LogP contribution in [0.25, 0.3) is 22.3 Å². The van der Waals surface area contributed by atoms with E-state index in [9.17, 15) is 0 Å². The maximum absolute atomic E-state index is 4.62. The number of hydrogen-bond donors (Lipinski definition) is 0. The SMILES string of the molecule is Cn1ccc2c(-c3ccc(Cn4ccnc4)cn3)ccnc21. The normalized spacial score (nSPS) is 11.1. The second kappa shape index (κ2) is 5.11. The molecule has 0 fully saturated rings. The minimum absolute atomic E-state index is 0.782. The Morgan fingerprint density at radius 2 is 1.95 bits per heavy atom. The van der Waals surface area contributed by atoms with Crippen molar-refractivity contribution >= 4 is 11.0 Å². The number of aryl methyl sites for hydroxylation is 1. The number of pyridine rings is 2. The molecule has 22 heavy (non-hydrogen) atoms. The Morgan fingerprint density at radius 3 is 2.73 bits per heavy atom. The van der Waals surface area contributed by atoms with E-state index in [1.165, 1.54) is 0 Å². The van der Waals surface area contributed by atoms with Crippen molar-refractivity contribution in [1.29, 1.82) is 0 Å². The van der Waals surface area contributed by atoms with Crippen LogP contribution in [0.15, 0.2) is 61.6 Å². The standard InChI is InChI=1S/C17H15N5/c1-21-8-5-15-14(4-6-19-17(15)21)16-3-2-13(10-20-16)11-22-9-7-18-12-22/h2-10,12H,11H2,1H3. The number of imidazole rings is 1. The van der Waals surface area contributed by atoms with Crippen LogP contribution < -0.4 is 0 Å². The predicted octanol–water partition coefficient (Wildman–Crippen LogP) is 2.88. The Balaban J connectivity index is 1.70. The Bertz CT molecular complexity index is 904. The van der Waals surface area contributed by atoms with Crippen LogP contribution in [0, 0.1) is 0 Å². The van der Waals surface area contributed by atoms with Gasteiger partial charge in [-0.15, -0.1) is 0 Å². The second-order valence-corrected chi connectivity index (χ2v) is 5.31. The average Bonchev–Trinajstić information content (AvgIpc) is 3.18. The third-order valence-corrected chi connectivity index (χ3v) is 3.79. The Kier molecular flexibility index (Phi) is 2.96. The average molecular weight is 289 g/mol. The lowest BCUT2D eigenvalue weighted by Gasteiger charge is -2.06. The van der Waals surface area contributed by atoms with E-state index in [2.05, 4.69) is 33.2 Å². The molecule has 0 bridgehead atoms. The largest absolute Gasteiger partial charge is 0.336 e. The number of fused-ring (bicyclic) bond motifs is 1. The predicted molar refractivity (Wildman–Crippen MR) is 85.3 cm³/mol. The van der Waals surface area contributed by atoms with Crippen LogP contribution in [0.5, 0.6) is 0 Å². The molecule has 108 valence electrons. The lowest BCUT2D eigenvalue weighted by Crippen LogP contribution is -1.97. The van der Waals surface area contributed by atoms with Gasteiger partial charge in [0.2, 0.25) is 0 Å². The van der Waals surface area contributed by atoms with Gasteiger partial charge in [-0.1, -0.05) is 6.07 Å². The highest BCUT2D eigenvalue weighted by molar-refractivity contribution is 5.92. The minimum atomic E-state index is 0.782. The van der Waals surface area contributed by atoms with E-state index in [1.54, 1.807) is 6.20 Å². The first-order chi connectivity index (χ1) is 10.8. The summed E-state index contributed by atoms with van der Waals surface area (Å²) in [6, 6.07) is 8.27. The van der Waals surface area contributed by atoms with Gasteiger partial charge < -0.3 is 9.13 Å². The molecule has 0 aromatic carbocycles. The Hall–Kier alpha value is -2.95. The van der Waals surface area contributed by atoms with Gasteiger partial charge in [0, 0.05) is 55.5 Å². The van der Waals surface area contributed by atoms with Crippen LogP contribution in [0.2, 0.25) is 0 Å². The molecule has 0 saturated heterocycles. The molecule has 0 saturated carbocycles. The van der Waals surface area contributed by atoms with Crippen molar-refractivity contribution in [2.24, 2.45) is 7.05 Å². The maximum atomic E-state index is 4.62. The van der Waals surface area contributed by atoms with Gasteiger partial charge in [-0.2, -0.15) is 0 Å². The van der Waals surface area contributed by atoms with E-state index in [0.717, 1.165) is 34.4 Å². The summed E-state index contributed by atoms with van der Waals surface area (Å²) < 4.78 is 4.05. The highest BCUT2D eigenvalue weighted by Crippen LogP contribution is 2.26. The van der Waals surface area contributed by atoms with Crippen LogP contribution in [0.3, 0.4) is 0 Å². The molecular weight excluding hydrogens is 274 g/mol. The summed E-state index contributed by atoms with van der Waals surface area (Å²) in [6.07, 6.45) is 11.3. The molecule has 0 spiro atoms. The summed E-state index contributed by atoms with van der Waals surface area (Å²) >= 11 is 0. The van der Waals surface area contributed by atoms with E-state index in [1.807, 2.05) is 53.4 Å². The van der Waals surface area contributed by atoms with Gasteiger partial charge >= 0.3 is 0 Å². The fourth-order valence-corrected chi connectivity index (χ4v) is 2.66. The summed E-state index contributed by atoms with van der Waals surface area (Å²) in [5.41, 5.74) is 4.20. The van der Waals surface area contributed by atoms with Crippen LogP contribution in [0.1, 0.15) is 5.56 Å². The van der Waals surface area contributed by atoms with E-state index in [-0.39, 0.29) is 0 Å². The van der Waals surface area contributed by atoms with Crippen LogP contribution in [-0.4, -0.2) is 24.1 Å². The van der Waals surface area contributed by atoms with Crippen molar-refractivity contribution in [2.45, 2.75) is 6.54 Å². The third kappa shape index (κ3) is 2.16. The van der Waals surface area contributed by atoms with Gasteiger partial charge in [0.15, 0.2) is 0 Å². The number of rotatable bonds is 3. The molecule has 0 aliphatic heterocycles. The smallest absolute Gasteiger partial charge is 0.140 e. The van der Waals surface area contributed by atoms with Gasteiger partial charge in [-0.25, -0.2) is 9.97 Å². The molecule has 5 nitrogen and oxygen atoms in total. The maximum Gasteiger partial charge on any atom is 0.140 e. The van der Waals surface area contributed by atoms with Crippen molar-refractivity contribution < 1.29 is 0 Å². The van der Waals surface area contributed by atoms with Crippen molar-refractivity contribution in [2.75, 3.05) is 0 Å². The molecule has 0 atom stereocenters. The van der Waals surface area contributed by atoms with E-state index >= 15 is 0 Å². The molecule has 0 unspecified atom stereocenters. The lowest BCUT2D eigenvalue weighted by molar-refractivity contribution is 0.793. The summed E-state index contributed by atoms with van der Waals surface area (Å²) in [6.45, 7) is 0.782. The number of hydrogen-bond acceptors (Lipinski definition) is 3. The van der Waals surface area contributed by atoms with Crippen molar-refractivity contribution in [3.63, 3.8) is 0 Å². The summed E-state index contributed by atoms with van der Waals surface area (Å²) in [5.74, 6) is 0. The summed E-state index contributed by atoms with van der Waals surface area (Å²) in [7, 11) is 2.00. The molecule has 0 amide bonds. The second-order valence-electron chi connectivity index (χ2n) is 5.31. The highest BCUT2D eigenvalue weighted by atomic mass is 15.0. The van der Waals surface area contributed by atoms with Crippen molar-refractivity contribution in [3.05, 3.63) is 67.1 Å². The van der Waals surface area contributed by atoms with Crippen molar-refractivity contribution in [3.8, 4) is 11.3 Å². The molecule has 5 heteroatoms. The molecular formula is C17H15N5. The molecule has 0 aliphatic carbocycles. The minimum Gasteiger partial charge on any atom is -0.336 e. The van der Waals surface area contributed by atoms with Gasteiger partial charge in [0.25, 0.3) is 0 Å². The molecule has 4 aromatic rings. The fraction of sp³-hybridized carbons (Fsp3) is 0.118. The first kappa shape index (κ1) is 12.8. The van der Waals surface area contributed by atoms with E-state index in [0.29, 0.717) is 0 Å². The topological polar surface area (TPSA) is 48.5 Å². The van der Waals surface area contributed by atoms with Crippen LogP contribution >= 0.6 is 0 Å². The van der Waals surface area contributed by atoms with Gasteiger partial charge in [0.05, 0.1) is 12.0 Å². The molecule has 4 rings (SSSR count). The fourth-order valence-electron chi connectivity index (χ4n) is 2.66. The molecule has 4 aromatic heterocycles. The van der Waals surface area contributed by atoms with Gasteiger partial charge in [0.1, 0.15) is 5.65 Å². The third-order valence-electron chi connectivity index (χ3n) is 3.79. The Morgan fingerprint density at radius 1 is 1.00 bits per heavy atom. The quantitative estimate of drug-likeness (QED) is 0.582. The Labute approximate surface area is 127 Å². The first-order valence-corrected chi connectivity index (χ1v) is 7.12. The van der Waals surface area contributed by atoms with Crippen molar-refractivity contribution in [1.82, 2.24) is 24.1 Å². The number of aromatic nitrogens is 5. The monoisotopic (exact) mass is 289 g/mol. The molecule has 0 aliphatic rings. The van der Waals surface area contributed by atoms with Crippen LogP contribution in [0.4, 0.5) is 0 Å². The zero-order valence-corrected chi connectivity index (χ0v) is 12.2. The summed E-state index contributed by atoms with van der Waals surface area (Å²) in [4.78, 5) is 13.1. The number of nitrogens with zero attached hydrogens (tertiary/aromatic N) is 5. The van der Waals surface area contributed by atoms with E-state index < -0.39 is 0 Å². The summed E-state index contributed by atoms with van der Waals surface area (Å²) in [5, 5.41) is 1.12. The van der Waals surface area contributed by atoms with Gasteiger partial charge in [-0.05, 0) is 23.8 Å². The molecule has 0 N–H and O–H groups in total. The zero-order valence-electron chi connectivity index (χ0n) is 12.2. The van der Waals surface area contributed by atoms with Crippen LogP contribution in [-0.2, 0) is 13.6 Å². The lowest BCUT2D eigenvalue weighted by atomic mass is 10.1. The van der Waals surface area contributed by atoms with E-state index in [4.69, 9.17) is 0 Å². The molecule has 4 heterocycles. The highest BCUT2D eigenvalue weighted by Gasteiger charge is 2.08. The zero-order chi connectivity index (χ0) is 14.9.